The van der Waals surface area contributed by atoms with E-state index in [9.17, 15) is 4.79 Å². The minimum absolute atomic E-state index is 0.366. The van der Waals surface area contributed by atoms with Crippen molar-refractivity contribution in [3.05, 3.63) is 29.3 Å². The average Bonchev–Trinajstić information content (AvgIpc) is 2.16. The number of hydrogen-bond donors (Lipinski definition) is 2. The largest absolute Gasteiger partial charge is 0.372 e. The molecule has 4 heteroatoms. The number of para-hydroxylation sites is 1. The summed E-state index contributed by atoms with van der Waals surface area (Å²) < 4.78 is 0. The Hall–Kier alpha value is -1.22. The first-order valence-electron chi connectivity index (χ1n) is 4.45. The van der Waals surface area contributed by atoms with Crippen LogP contribution in [0, 0.1) is 0 Å². The summed E-state index contributed by atoms with van der Waals surface area (Å²) in [6.07, 6.45) is 0.639. The van der Waals surface area contributed by atoms with E-state index in [0.29, 0.717) is 11.4 Å². The molecular formula is C10H13ClN2O. The van der Waals surface area contributed by atoms with Crippen molar-refractivity contribution in [1.29, 1.82) is 0 Å². The highest BCUT2D eigenvalue weighted by molar-refractivity contribution is 6.33. The number of rotatable bonds is 4. The molecule has 0 saturated carbocycles. The van der Waals surface area contributed by atoms with Crippen molar-refractivity contribution in [3.63, 3.8) is 0 Å². The molecule has 3 N–H and O–H groups in total. The first-order valence-corrected chi connectivity index (χ1v) is 4.83. The van der Waals surface area contributed by atoms with E-state index in [4.69, 9.17) is 17.3 Å². The zero-order valence-electron chi connectivity index (χ0n) is 7.96. The van der Waals surface area contributed by atoms with Crippen LogP contribution in [0.3, 0.4) is 0 Å². The molecule has 1 rings (SSSR count). The molecule has 1 aromatic carbocycles. The van der Waals surface area contributed by atoms with Gasteiger partial charge in [0, 0.05) is 0 Å². The fourth-order valence-electron chi connectivity index (χ4n) is 1.14. The number of nitrogens with one attached hydrogen (secondary N) is 1. The number of halogens is 1. The van der Waals surface area contributed by atoms with Crippen LogP contribution in [0.4, 0.5) is 5.69 Å². The number of carbonyl (C=O) groups is 1. The van der Waals surface area contributed by atoms with Gasteiger partial charge in [-0.15, -0.1) is 0 Å². The van der Waals surface area contributed by atoms with E-state index in [2.05, 4.69) is 5.32 Å². The summed E-state index contributed by atoms with van der Waals surface area (Å²) >= 11 is 5.92. The molecule has 1 unspecified atom stereocenters. The van der Waals surface area contributed by atoms with Crippen molar-refractivity contribution in [1.82, 2.24) is 0 Å². The summed E-state index contributed by atoms with van der Waals surface area (Å²) in [5.74, 6) is -0.368. The molecule has 0 aliphatic carbocycles. The Balaban J connectivity index is 2.77. The Labute approximate surface area is 88.2 Å². The van der Waals surface area contributed by atoms with Crippen LogP contribution < -0.4 is 11.1 Å². The molecule has 0 fully saturated rings. The molecule has 0 saturated heterocycles. The van der Waals surface area contributed by atoms with E-state index < -0.39 is 0 Å². The molecule has 76 valence electrons. The minimum Gasteiger partial charge on any atom is -0.372 e. The molecule has 1 atom stereocenters. The van der Waals surface area contributed by atoms with Crippen LogP contribution in [0.1, 0.15) is 13.3 Å². The van der Waals surface area contributed by atoms with Gasteiger partial charge < -0.3 is 11.1 Å². The van der Waals surface area contributed by atoms with Crippen LogP contribution in [0.25, 0.3) is 0 Å². The van der Waals surface area contributed by atoms with Gasteiger partial charge in [0.2, 0.25) is 5.91 Å². The molecule has 1 amide bonds. The number of hydrogen-bond acceptors (Lipinski definition) is 2. The van der Waals surface area contributed by atoms with E-state index in [-0.39, 0.29) is 11.9 Å². The molecule has 0 aromatic heterocycles. The number of primary amides is 1. The van der Waals surface area contributed by atoms with E-state index >= 15 is 0 Å². The quantitative estimate of drug-likeness (QED) is 0.802. The molecule has 0 aliphatic rings. The van der Waals surface area contributed by atoms with Gasteiger partial charge in [0.15, 0.2) is 0 Å². The maximum atomic E-state index is 11.0. The van der Waals surface area contributed by atoms with Crippen LogP contribution in [0.15, 0.2) is 24.3 Å². The van der Waals surface area contributed by atoms with E-state index in [0.717, 1.165) is 5.69 Å². The zero-order chi connectivity index (χ0) is 10.6. The summed E-state index contributed by atoms with van der Waals surface area (Å²) in [5, 5.41) is 3.58. The van der Waals surface area contributed by atoms with Crippen LogP contribution in [0.2, 0.25) is 5.02 Å². The van der Waals surface area contributed by atoms with Crippen LogP contribution in [-0.4, -0.2) is 11.9 Å². The van der Waals surface area contributed by atoms with Gasteiger partial charge in [-0.25, -0.2) is 0 Å². The number of nitrogens with two attached hydrogens (primary N) is 1. The second-order valence-electron chi connectivity index (χ2n) is 2.99. The van der Waals surface area contributed by atoms with Gasteiger partial charge in [-0.05, 0) is 18.6 Å². The third kappa shape index (κ3) is 2.64. The molecule has 0 radical (unpaired) electrons. The number of anilines is 1. The summed E-state index contributed by atoms with van der Waals surface area (Å²) in [5.41, 5.74) is 5.94. The summed E-state index contributed by atoms with van der Waals surface area (Å²) in [7, 11) is 0. The van der Waals surface area contributed by atoms with Crippen LogP contribution in [-0.2, 0) is 4.79 Å². The van der Waals surface area contributed by atoms with Crippen molar-refractivity contribution in [2.45, 2.75) is 19.4 Å². The smallest absolute Gasteiger partial charge is 0.239 e. The lowest BCUT2D eigenvalue weighted by molar-refractivity contribution is -0.118. The predicted molar refractivity (Wildman–Crippen MR) is 58.3 cm³/mol. The highest BCUT2D eigenvalue weighted by atomic mass is 35.5. The van der Waals surface area contributed by atoms with E-state index in [1.54, 1.807) is 6.07 Å². The van der Waals surface area contributed by atoms with Crippen LogP contribution in [0.5, 0.6) is 0 Å². The third-order valence-corrected chi connectivity index (χ3v) is 2.28. The van der Waals surface area contributed by atoms with Crippen molar-refractivity contribution in [2.24, 2.45) is 5.73 Å². The van der Waals surface area contributed by atoms with Crippen molar-refractivity contribution in [2.75, 3.05) is 5.32 Å². The molecular weight excluding hydrogens is 200 g/mol. The van der Waals surface area contributed by atoms with E-state index in [1.807, 2.05) is 25.1 Å². The summed E-state index contributed by atoms with van der Waals surface area (Å²) in [4.78, 5) is 11.0. The van der Waals surface area contributed by atoms with Crippen molar-refractivity contribution in [3.8, 4) is 0 Å². The highest BCUT2D eigenvalue weighted by Crippen LogP contribution is 2.21. The second-order valence-corrected chi connectivity index (χ2v) is 3.39. The standard InChI is InChI=1S/C10H13ClN2O/c1-2-8(10(12)14)13-9-6-4-3-5-7(9)11/h3-6,8,13H,2H2,1H3,(H2,12,14). The van der Waals surface area contributed by atoms with Crippen molar-refractivity contribution >= 4 is 23.2 Å². The molecule has 3 nitrogen and oxygen atoms in total. The zero-order valence-corrected chi connectivity index (χ0v) is 8.71. The van der Waals surface area contributed by atoms with Crippen molar-refractivity contribution < 1.29 is 4.79 Å². The molecule has 14 heavy (non-hydrogen) atoms. The first-order chi connectivity index (χ1) is 6.65. The monoisotopic (exact) mass is 212 g/mol. The van der Waals surface area contributed by atoms with Gasteiger partial charge in [-0.3, -0.25) is 4.79 Å². The normalized spacial score (nSPS) is 12.1. The fraction of sp³-hybridized carbons (Fsp3) is 0.300. The second kappa shape index (κ2) is 4.86. The first kappa shape index (κ1) is 10.9. The van der Waals surface area contributed by atoms with Gasteiger partial charge in [0.25, 0.3) is 0 Å². The van der Waals surface area contributed by atoms with Gasteiger partial charge in [-0.2, -0.15) is 0 Å². The van der Waals surface area contributed by atoms with Gasteiger partial charge >= 0.3 is 0 Å². The Morgan fingerprint density at radius 1 is 1.57 bits per heavy atom. The Bertz CT molecular complexity index is 328. The predicted octanol–water partition coefficient (Wildman–Crippen LogP) is 2.02. The lowest BCUT2D eigenvalue weighted by Crippen LogP contribution is -2.34. The summed E-state index contributed by atoms with van der Waals surface area (Å²) in [6, 6.07) is 6.89. The number of carbonyl (C=O) groups excluding carboxylic acids is 1. The van der Waals surface area contributed by atoms with Crippen LogP contribution >= 0.6 is 11.6 Å². The lowest BCUT2D eigenvalue weighted by Gasteiger charge is -2.15. The van der Waals surface area contributed by atoms with Gasteiger partial charge in [-0.1, -0.05) is 30.7 Å². The number of amides is 1. The maximum Gasteiger partial charge on any atom is 0.239 e. The molecule has 0 aliphatic heterocycles. The highest BCUT2D eigenvalue weighted by Gasteiger charge is 2.12. The number of benzene rings is 1. The lowest BCUT2D eigenvalue weighted by atomic mass is 10.2. The van der Waals surface area contributed by atoms with Gasteiger partial charge in [0.05, 0.1) is 10.7 Å². The minimum atomic E-state index is -0.368. The SMILES string of the molecule is CCC(Nc1ccccc1Cl)C(N)=O. The molecule has 0 heterocycles. The third-order valence-electron chi connectivity index (χ3n) is 1.96. The molecule has 0 spiro atoms. The fourth-order valence-corrected chi connectivity index (χ4v) is 1.33. The van der Waals surface area contributed by atoms with Gasteiger partial charge in [0.1, 0.15) is 6.04 Å². The van der Waals surface area contributed by atoms with E-state index in [1.165, 1.54) is 0 Å². The topological polar surface area (TPSA) is 55.1 Å². The molecule has 0 bridgehead atoms. The molecule has 1 aromatic rings. The Morgan fingerprint density at radius 3 is 2.71 bits per heavy atom. The average molecular weight is 213 g/mol. The Morgan fingerprint density at radius 2 is 2.21 bits per heavy atom. The Kier molecular flexibility index (Phi) is 3.77. The summed E-state index contributed by atoms with van der Waals surface area (Å²) in [6.45, 7) is 1.89. The maximum absolute atomic E-state index is 11.0.